The Labute approximate surface area is 141 Å². The molecule has 2 heterocycles. The number of carbonyl (C=O) groups is 2. The molecule has 1 aliphatic rings. The van der Waals surface area contributed by atoms with Gasteiger partial charge in [0.15, 0.2) is 5.76 Å². The normalized spacial score (nSPS) is 15.3. The van der Waals surface area contributed by atoms with Crippen LogP contribution in [0.15, 0.2) is 47.1 Å². The maximum Gasteiger partial charge on any atom is 0.289 e. The number of furan rings is 1. The van der Waals surface area contributed by atoms with Crippen LogP contribution in [0.25, 0.3) is 0 Å². The van der Waals surface area contributed by atoms with E-state index < -0.39 is 0 Å². The molecule has 0 saturated carbocycles. The van der Waals surface area contributed by atoms with Crippen LogP contribution >= 0.6 is 0 Å². The Hall–Kier alpha value is -2.56. The highest BCUT2D eigenvalue weighted by atomic mass is 16.3. The maximum absolute atomic E-state index is 12.3. The van der Waals surface area contributed by atoms with E-state index in [2.05, 4.69) is 11.4 Å². The molecular formula is C19H22N2O3. The van der Waals surface area contributed by atoms with Crippen LogP contribution < -0.4 is 5.32 Å². The molecule has 126 valence electrons. The number of nitrogens with one attached hydrogen (secondary N) is 1. The summed E-state index contributed by atoms with van der Waals surface area (Å²) in [4.78, 5) is 26.3. The standard InChI is InChI=1S/C19H22N2O3/c1-14-4-2-5-15(12-14)13-20-18(22)16-7-9-21(10-8-16)19(23)17-6-3-11-24-17/h2-6,11-12,16H,7-10,13H2,1H3,(H,20,22). The van der Waals surface area contributed by atoms with Gasteiger partial charge in [0.1, 0.15) is 0 Å². The lowest BCUT2D eigenvalue weighted by Crippen LogP contribution is -2.42. The molecule has 2 aromatic rings. The summed E-state index contributed by atoms with van der Waals surface area (Å²) in [6, 6.07) is 11.5. The summed E-state index contributed by atoms with van der Waals surface area (Å²) in [5.74, 6) is 0.299. The monoisotopic (exact) mass is 326 g/mol. The van der Waals surface area contributed by atoms with Gasteiger partial charge < -0.3 is 14.6 Å². The zero-order chi connectivity index (χ0) is 16.9. The molecule has 0 aliphatic carbocycles. The Kier molecular flexibility index (Phi) is 4.99. The van der Waals surface area contributed by atoms with E-state index in [0.29, 0.717) is 38.2 Å². The Balaban J connectivity index is 1.47. The van der Waals surface area contributed by atoms with Crippen LogP contribution in [-0.4, -0.2) is 29.8 Å². The highest BCUT2D eigenvalue weighted by molar-refractivity contribution is 5.91. The minimum Gasteiger partial charge on any atom is -0.459 e. The van der Waals surface area contributed by atoms with Crippen molar-refractivity contribution in [3.05, 3.63) is 59.5 Å². The molecule has 0 unspecified atom stereocenters. The molecule has 0 atom stereocenters. The van der Waals surface area contributed by atoms with Gasteiger partial charge in [-0.25, -0.2) is 0 Å². The van der Waals surface area contributed by atoms with Crippen molar-refractivity contribution in [2.75, 3.05) is 13.1 Å². The predicted octanol–water partition coefficient (Wildman–Crippen LogP) is 2.76. The molecular weight excluding hydrogens is 304 g/mol. The molecule has 24 heavy (non-hydrogen) atoms. The topological polar surface area (TPSA) is 62.6 Å². The summed E-state index contributed by atoms with van der Waals surface area (Å²) in [5.41, 5.74) is 2.29. The van der Waals surface area contributed by atoms with E-state index >= 15 is 0 Å². The van der Waals surface area contributed by atoms with E-state index in [1.54, 1.807) is 17.0 Å². The van der Waals surface area contributed by atoms with Crippen LogP contribution in [0.1, 0.15) is 34.5 Å². The van der Waals surface area contributed by atoms with Crippen LogP contribution in [0.2, 0.25) is 0 Å². The maximum atomic E-state index is 12.3. The first-order valence-corrected chi connectivity index (χ1v) is 8.29. The second-order valence-corrected chi connectivity index (χ2v) is 6.25. The second kappa shape index (κ2) is 7.34. The zero-order valence-corrected chi connectivity index (χ0v) is 13.8. The average Bonchev–Trinajstić information content (AvgIpc) is 3.14. The van der Waals surface area contributed by atoms with Crippen molar-refractivity contribution in [2.24, 2.45) is 5.92 Å². The van der Waals surface area contributed by atoms with Crippen LogP contribution in [0, 0.1) is 12.8 Å². The summed E-state index contributed by atoms with van der Waals surface area (Å²) >= 11 is 0. The number of rotatable bonds is 4. The Morgan fingerprint density at radius 2 is 2.00 bits per heavy atom. The third-order valence-corrected chi connectivity index (χ3v) is 4.43. The summed E-state index contributed by atoms with van der Waals surface area (Å²) in [7, 11) is 0. The minimum absolute atomic E-state index is 0.0320. The van der Waals surface area contributed by atoms with E-state index in [1.807, 2.05) is 25.1 Å². The lowest BCUT2D eigenvalue weighted by molar-refractivity contribution is -0.126. The van der Waals surface area contributed by atoms with E-state index in [4.69, 9.17) is 4.42 Å². The number of amides is 2. The van der Waals surface area contributed by atoms with Gasteiger partial charge in [0.25, 0.3) is 5.91 Å². The van der Waals surface area contributed by atoms with Gasteiger partial charge in [-0.1, -0.05) is 29.8 Å². The predicted molar refractivity (Wildman–Crippen MR) is 90.4 cm³/mol. The van der Waals surface area contributed by atoms with Crippen LogP contribution in [0.4, 0.5) is 0 Å². The van der Waals surface area contributed by atoms with Gasteiger partial charge in [-0.05, 0) is 37.5 Å². The summed E-state index contributed by atoms with van der Waals surface area (Å²) in [6.07, 6.45) is 2.87. The number of hydrogen-bond acceptors (Lipinski definition) is 3. The zero-order valence-electron chi connectivity index (χ0n) is 13.8. The fourth-order valence-corrected chi connectivity index (χ4v) is 3.06. The molecule has 1 aliphatic heterocycles. The molecule has 1 saturated heterocycles. The van der Waals surface area contributed by atoms with E-state index in [-0.39, 0.29) is 17.7 Å². The van der Waals surface area contributed by atoms with Crippen molar-refractivity contribution in [2.45, 2.75) is 26.3 Å². The quantitative estimate of drug-likeness (QED) is 0.940. The first kappa shape index (κ1) is 16.3. The Morgan fingerprint density at radius 1 is 1.21 bits per heavy atom. The third-order valence-electron chi connectivity index (χ3n) is 4.43. The molecule has 1 N–H and O–H groups in total. The van der Waals surface area contributed by atoms with E-state index in [9.17, 15) is 9.59 Å². The number of hydrogen-bond donors (Lipinski definition) is 1. The van der Waals surface area contributed by atoms with Crippen LogP contribution in [0.3, 0.4) is 0 Å². The molecule has 0 radical (unpaired) electrons. The molecule has 3 rings (SSSR count). The van der Waals surface area contributed by atoms with Crippen LogP contribution in [-0.2, 0) is 11.3 Å². The third kappa shape index (κ3) is 3.85. The van der Waals surface area contributed by atoms with Crippen molar-refractivity contribution in [3.63, 3.8) is 0 Å². The van der Waals surface area contributed by atoms with Crippen molar-refractivity contribution in [1.29, 1.82) is 0 Å². The second-order valence-electron chi connectivity index (χ2n) is 6.25. The molecule has 2 amide bonds. The van der Waals surface area contributed by atoms with Gasteiger partial charge in [0, 0.05) is 25.6 Å². The summed E-state index contributed by atoms with van der Waals surface area (Å²) in [5, 5.41) is 3.01. The number of piperidine rings is 1. The fourth-order valence-electron chi connectivity index (χ4n) is 3.06. The largest absolute Gasteiger partial charge is 0.459 e. The minimum atomic E-state index is -0.0985. The smallest absolute Gasteiger partial charge is 0.289 e. The Morgan fingerprint density at radius 3 is 2.67 bits per heavy atom. The summed E-state index contributed by atoms with van der Waals surface area (Å²) < 4.78 is 5.15. The molecule has 0 bridgehead atoms. The molecule has 0 spiro atoms. The number of likely N-dealkylation sites (tertiary alicyclic amines) is 1. The highest BCUT2D eigenvalue weighted by Gasteiger charge is 2.28. The fraction of sp³-hybridized carbons (Fsp3) is 0.368. The lowest BCUT2D eigenvalue weighted by atomic mass is 9.95. The SMILES string of the molecule is Cc1cccc(CNC(=O)C2CCN(C(=O)c3ccco3)CC2)c1. The van der Waals surface area contributed by atoms with Crippen molar-refractivity contribution in [3.8, 4) is 0 Å². The van der Waals surface area contributed by atoms with Crippen LogP contribution in [0.5, 0.6) is 0 Å². The van der Waals surface area contributed by atoms with Gasteiger partial charge in [-0.15, -0.1) is 0 Å². The van der Waals surface area contributed by atoms with Crippen molar-refractivity contribution < 1.29 is 14.0 Å². The Bertz CT molecular complexity index is 701. The first-order chi connectivity index (χ1) is 11.6. The lowest BCUT2D eigenvalue weighted by Gasteiger charge is -2.30. The molecule has 1 aromatic carbocycles. The van der Waals surface area contributed by atoms with Gasteiger partial charge in [0.05, 0.1) is 6.26 Å². The van der Waals surface area contributed by atoms with Gasteiger partial charge in [-0.2, -0.15) is 0 Å². The van der Waals surface area contributed by atoms with E-state index in [1.165, 1.54) is 11.8 Å². The van der Waals surface area contributed by atoms with Crippen molar-refractivity contribution in [1.82, 2.24) is 10.2 Å². The van der Waals surface area contributed by atoms with Gasteiger partial charge in [0.2, 0.25) is 5.91 Å². The van der Waals surface area contributed by atoms with Gasteiger partial charge in [-0.3, -0.25) is 9.59 Å². The number of carbonyl (C=O) groups excluding carboxylic acids is 2. The van der Waals surface area contributed by atoms with Crippen molar-refractivity contribution >= 4 is 11.8 Å². The highest BCUT2D eigenvalue weighted by Crippen LogP contribution is 2.19. The molecule has 5 nitrogen and oxygen atoms in total. The molecule has 1 aromatic heterocycles. The average molecular weight is 326 g/mol. The van der Waals surface area contributed by atoms with Gasteiger partial charge >= 0.3 is 0 Å². The number of aryl methyl sites for hydroxylation is 1. The number of benzene rings is 1. The number of nitrogens with zero attached hydrogens (tertiary/aromatic N) is 1. The summed E-state index contributed by atoms with van der Waals surface area (Å²) in [6.45, 7) is 3.76. The first-order valence-electron chi connectivity index (χ1n) is 8.29. The van der Waals surface area contributed by atoms with E-state index in [0.717, 1.165) is 5.56 Å². The molecule has 5 heteroatoms. The molecule has 1 fully saturated rings.